The van der Waals surface area contributed by atoms with Crippen molar-refractivity contribution in [1.82, 2.24) is 0 Å². The fourth-order valence-electron chi connectivity index (χ4n) is 1.79. The van der Waals surface area contributed by atoms with E-state index in [-0.39, 0.29) is 12.0 Å². The molecule has 100 valence electrons. The zero-order valence-corrected chi connectivity index (χ0v) is 11.3. The smallest absolute Gasteiger partial charge is 0.323 e. The summed E-state index contributed by atoms with van der Waals surface area (Å²) in [7, 11) is 0. The topological polar surface area (TPSA) is 66.6 Å². The Morgan fingerprint density at radius 1 is 1.28 bits per heavy atom. The van der Waals surface area contributed by atoms with Crippen LogP contribution in [0, 0.1) is 0 Å². The fourth-order valence-corrected chi connectivity index (χ4v) is 1.79. The number of carboxylic acids is 1. The minimum Gasteiger partial charge on any atom is -0.480 e. The molecule has 0 amide bonds. The summed E-state index contributed by atoms with van der Waals surface area (Å²) in [5.41, 5.74) is 7.74. The maximum atomic E-state index is 10.8. The normalized spacial score (nSPS) is 11.3. The SMILES string of the molecule is CC(C)(C)c1ccc(N(CCN)CC(=O)O)cc1. The van der Waals surface area contributed by atoms with Gasteiger partial charge in [0.05, 0.1) is 0 Å². The van der Waals surface area contributed by atoms with Gasteiger partial charge in [0, 0.05) is 18.8 Å². The second kappa shape index (κ2) is 5.87. The molecule has 0 aliphatic rings. The number of hydrogen-bond acceptors (Lipinski definition) is 3. The summed E-state index contributed by atoms with van der Waals surface area (Å²) in [5, 5.41) is 8.87. The van der Waals surface area contributed by atoms with Gasteiger partial charge in [-0.25, -0.2) is 0 Å². The second-order valence-electron chi connectivity index (χ2n) is 5.40. The van der Waals surface area contributed by atoms with Crippen molar-refractivity contribution in [1.29, 1.82) is 0 Å². The Labute approximate surface area is 108 Å². The van der Waals surface area contributed by atoms with Gasteiger partial charge in [-0.05, 0) is 23.1 Å². The van der Waals surface area contributed by atoms with E-state index >= 15 is 0 Å². The van der Waals surface area contributed by atoms with Gasteiger partial charge in [0.2, 0.25) is 0 Å². The highest BCUT2D eigenvalue weighted by molar-refractivity contribution is 5.73. The van der Waals surface area contributed by atoms with Crippen LogP contribution in [0.5, 0.6) is 0 Å². The van der Waals surface area contributed by atoms with E-state index in [4.69, 9.17) is 10.8 Å². The van der Waals surface area contributed by atoms with Crippen LogP contribution < -0.4 is 10.6 Å². The maximum absolute atomic E-state index is 10.8. The summed E-state index contributed by atoms with van der Waals surface area (Å²) in [6, 6.07) is 8.00. The van der Waals surface area contributed by atoms with Gasteiger partial charge in [-0.2, -0.15) is 0 Å². The lowest BCUT2D eigenvalue weighted by Crippen LogP contribution is -2.34. The standard InChI is InChI=1S/C14H22N2O2/c1-14(2,3)11-4-6-12(7-5-11)16(9-8-15)10-13(17)18/h4-7H,8-10,15H2,1-3H3,(H,17,18). The Morgan fingerprint density at radius 3 is 2.22 bits per heavy atom. The van der Waals surface area contributed by atoms with Gasteiger partial charge in [0.1, 0.15) is 6.54 Å². The van der Waals surface area contributed by atoms with E-state index in [2.05, 4.69) is 20.8 Å². The van der Waals surface area contributed by atoms with Crippen molar-refractivity contribution in [2.24, 2.45) is 5.73 Å². The summed E-state index contributed by atoms with van der Waals surface area (Å²) in [4.78, 5) is 12.6. The van der Waals surface area contributed by atoms with E-state index < -0.39 is 5.97 Å². The van der Waals surface area contributed by atoms with Crippen LogP contribution in [-0.2, 0) is 10.2 Å². The third-order valence-electron chi connectivity index (χ3n) is 2.82. The molecule has 3 N–H and O–H groups in total. The van der Waals surface area contributed by atoms with Gasteiger partial charge < -0.3 is 15.7 Å². The molecule has 18 heavy (non-hydrogen) atoms. The highest BCUT2D eigenvalue weighted by atomic mass is 16.4. The van der Waals surface area contributed by atoms with Gasteiger partial charge in [-0.3, -0.25) is 4.79 Å². The largest absolute Gasteiger partial charge is 0.480 e. The molecule has 4 nitrogen and oxygen atoms in total. The molecule has 0 radical (unpaired) electrons. The molecular weight excluding hydrogens is 228 g/mol. The number of nitrogens with zero attached hydrogens (tertiary/aromatic N) is 1. The van der Waals surface area contributed by atoms with E-state index in [9.17, 15) is 4.79 Å². The number of rotatable bonds is 5. The van der Waals surface area contributed by atoms with E-state index in [0.29, 0.717) is 13.1 Å². The first-order chi connectivity index (χ1) is 8.34. The Hall–Kier alpha value is -1.55. The molecule has 0 saturated heterocycles. The van der Waals surface area contributed by atoms with Crippen LogP contribution in [0.3, 0.4) is 0 Å². The van der Waals surface area contributed by atoms with Crippen LogP contribution in [0.2, 0.25) is 0 Å². The first kappa shape index (κ1) is 14.5. The molecule has 1 aromatic rings. The highest BCUT2D eigenvalue weighted by Gasteiger charge is 2.15. The van der Waals surface area contributed by atoms with Crippen LogP contribution in [0.25, 0.3) is 0 Å². The Kier molecular flexibility index (Phi) is 4.73. The maximum Gasteiger partial charge on any atom is 0.323 e. The average Bonchev–Trinajstić information content (AvgIpc) is 2.27. The van der Waals surface area contributed by atoms with Gasteiger partial charge in [0.25, 0.3) is 0 Å². The second-order valence-corrected chi connectivity index (χ2v) is 5.40. The molecule has 0 saturated carbocycles. The zero-order chi connectivity index (χ0) is 13.8. The number of aliphatic carboxylic acids is 1. The lowest BCUT2D eigenvalue weighted by Gasteiger charge is -2.24. The molecule has 0 aliphatic carbocycles. The number of carbonyl (C=O) groups is 1. The van der Waals surface area contributed by atoms with Crippen molar-refractivity contribution in [2.75, 3.05) is 24.5 Å². The van der Waals surface area contributed by atoms with E-state index in [1.54, 1.807) is 4.90 Å². The molecular formula is C14H22N2O2. The molecule has 1 rings (SSSR count). The Bertz CT molecular complexity index is 393. The Balaban J connectivity index is 2.90. The molecule has 1 aromatic carbocycles. The van der Waals surface area contributed by atoms with E-state index in [1.807, 2.05) is 24.3 Å². The number of anilines is 1. The van der Waals surface area contributed by atoms with Crippen molar-refractivity contribution >= 4 is 11.7 Å². The summed E-state index contributed by atoms with van der Waals surface area (Å²) in [6.07, 6.45) is 0. The predicted molar refractivity (Wildman–Crippen MR) is 74.0 cm³/mol. The van der Waals surface area contributed by atoms with Gasteiger partial charge in [0.15, 0.2) is 0 Å². The average molecular weight is 250 g/mol. The van der Waals surface area contributed by atoms with Crippen LogP contribution >= 0.6 is 0 Å². The van der Waals surface area contributed by atoms with E-state index in [0.717, 1.165) is 5.69 Å². The predicted octanol–water partition coefficient (Wildman–Crippen LogP) is 1.83. The molecule has 0 aliphatic heterocycles. The molecule has 0 heterocycles. The van der Waals surface area contributed by atoms with Crippen molar-refractivity contribution in [3.8, 4) is 0 Å². The minimum atomic E-state index is -0.844. The van der Waals surface area contributed by atoms with Crippen molar-refractivity contribution in [3.05, 3.63) is 29.8 Å². The number of hydrogen-bond donors (Lipinski definition) is 2. The summed E-state index contributed by atoms with van der Waals surface area (Å²) in [5.74, 6) is -0.844. The van der Waals surface area contributed by atoms with Crippen LogP contribution in [-0.4, -0.2) is 30.7 Å². The van der Waals surface area contributed by atoms with Gasteiger partial charge in [-0.1, -0.05) is 32.9 Å². The first-order valence-corrected chi connectivity index (χ1v) is 6.12. The molecule has 0 atom stereocenters. The summed E-state index contributed by atoms with van der Waals surface area (Å²) >= 11 is 0. The Morgan fingerprint density at radius 2 is 1.83 bits per heavy atom. The monoisotopic (exact) mass is 250 g/mol. The number of carboxylic acid groups (broad SMARTS) is 1. The van der Waals surface area contributed by atoms with Crippen molar-refractivity contribution < 1.29 is 9.90 Å². The van der Waals surface area contributed by atoms with Gasteiger partial charge >= 0.3 is 5.97 Å². The minimum absolute atomic E-state index is 0.0218. The highest BCUT2D eigenvalue weighted by Crippen LogP contribution is 2.24. The third-order valence-corrected chi connectivity index (χ3v) is 2.82. The van der Waals surface area contributed by atoms with Gasteiger partial charge in [-0.15, -0.1) is 0 Å². The summed E-state index contributed by atoms with van der Waals surface area (Å²) in [6.45, 7) is 7.41. The fraction of sp³-hybridized carbons (Fsp3) is 0.500. The van der Waals surface area contributed by atoms with Crippen LogP contribution in [0.15, 0.2) is 24.3 Å². The molecule has 0 bridgehead atoms. The molecule has 0 spiro atoms. The van der Waals surface area contributed by atoms with E-state index in [1.165, 1.54) is 5.56 Å². The molecule has 0 fully saturated rings. The quantitative estimate of drug-likeness (QED) is 0.836. The van der Waals surface area contributed by atoms with Crippen molar-refractivity contribution in [3.63, 3.8) is 0 Å². The molecule has 4 heteroatoms. The lowest BCUT2D eigenvalue weighted by molar-refractivity contribution is -0.135. The molecule has 0 unspecified atom stereocenters. The van der Waals surface area contributed by atoms with Crippen LogP contribution in [0.4, 0.5) is 5.69 Å². The zero-order valence-electron chi connectivity index (χ0n) is 11.3. The first-order valence-electron chi connectivity index (χ1n) is 6.12. The van der Waals surface area contributed by atoms with Crippen LogP contribution in [0.1, 0.15) is 26.3 Å². The number of nitrogens with two attached hydrogens (primary N) is 1. The number of benzene rings is 1. The lowest BCUT2D eigenvalue weighted by atomic mass is 9.87. The third kappa shape index (κ3) is 4.04. The molecule has 0 aromatic heterocycles. The van der Waals surface area contributed by atoms with Crippen molar-refractivity contribution in [2.45, 2.75) is 26.2 Å². The summed E-state index contributed by atoms with van der Waals surface area (Å²) < 4.78 is 0.